The molecule has 0 aliphatic rings. The van der Waals surface area contributed by atoms with Gasteiger partial charge in [-0.15, -0.1) is 0 Å². The zero-order valence-corrected chi connectivity index (χ0v) is 10.9. The summed E-state index contributed by atoms with van der Waals surface area (Å²) in [7, 11) is 0. The van der Waals surface area contributed by atoms with Crippen LogP contribution in [0, 0.1) is 6.92 Å². The monoisotopic (exact) mass is 349 g/mol. The first-order valence-electron chi connectivity index (χ1n) is 3.99. The third-order valence-corrected chi connectivity index (χ3v) is 4.72. The fourth-order valence-corrected chi connectivity index (χ4v) is 2.59. The van der Waals surface area contributed by atoms with Crippen molar-refractivity contribution in [3.8, 4) is 0 Å². The van der Waals surface area contributed by atoms with Crippen LogP contribution in [0.5, 0.6) is 0 Å². The number of benzene rings is 2. The Labute approximate surface area is 88.3 Å². The number of hydrogen-bond donors (Lipinski definition) is 0. The van der Waals surface area contributed by atoms with Gasteiger partial charge < -0.3 is 0 Å². The topological polar surface area (TPSA) is 0 Å². The van der Waals surface area contributed by atoms with E-state index < -0.39 is 0 Å². The standard InChI is InChI=1S/C11H9.Pb/c1-9-6-7-10-4-2-3-5-11(10)8-9;/h2-7H,1H3;. The molecule has 0 N–H and O–H groups in total. The molecule has 0 saturated carbocycles. The van der Waals surface area contributed by atoms with Crippen molar-refractivity contribution < 1.29 is 0 Å². The van der Waals surface area contributed by atoms with E-state index in [1.54, 1.807) is 0 Å². The van der Waals surface area contributed by atoms with Gasteiger partial charge in [-0.05, 0) is 0 Å². The van der Waals surface area contributed by atoms with Gasteiger partial charge in [0.25, 0.3) is 0 Å². The van der Waals surface area contributed by atoms with Crippen molar-refractivity contribution in [3.63, 3.8) is 0 Å². The Kier molecular flexibility index (Phi) is 2.17. The zero-order valence-electron chi connectivity index (χ0n) is 6.96. The van der Waals surface area contributed by atoms with E-state index in [1.807, 2.05) is 0 Å². The van der Waals surface area contributed by atoms with Gasteiger partial charge in [0.15, 0.2) is 0 Å². The van der Waals surface area contributed by atoms with Gasteiger partial charge in [0.05, 0.1) is 0 Å². The van der Waals surface area contributed by atoms with Crippen molar-refractivity contribution >= 4 is 39.7 Å². The summed E-state index contributed by atoms with van der Waals surface area (Å²) in [6, 6.07) is 13.0. The Balaban J connectivity index is 2.91. The molecule has 0 nitrogen and oxygen atoms in total. The van der Waals surface area contributed by atoms with Crippen LogP contribution in [-0.2, 0) is 0 Å². The van der Waals surface area contributed by atoms with Crippen molar-refractivity contribution in [1.29, 1.82) is 0 Å². The first kappa shape index (κ1) is 8.23. The van der Waals surface area contributed by atoms with Crippen molar-refractivity contribution in [1.82, 2.24) is 0 Å². The molecule has 0 bridgehead atoms. The van der Waals surface area contributed by atoms with E-state index in [0.29, 0.717) is 0 Å². The Morgan fingerprint density at radius 1 is 1.00 bits per heavy atom. The van der Waals surface area contributed by atoms with E-state index in [-0.39, 0.29) is 0 Å². The summed E-state index contributed by atoms with van der Waals surface area (Å²) in [5, 5.41) is 2.80. The van der Waals surface area contributed by atoms with Crippen LogP contribution >= 0.6 is 0 Å². The molecule has 12 heavy (non-hydrogen) atoms. The predicted molar refractivity (Wildman–Crippen MR) is 54.1 cm³/mol. The summed E-state index contributed by atoms with van der Waals surface area (Å²) in [4.78, 5) is 0. The normalized spacial score (nSPS) is 10.5. The number of hydrogen-bond acceptors (Lipinski definition) is 0. The van der Waals surface area contributed by atoms with Gasteiger partial charge in [0.1, 0.15) is 0 Å². The second-order valence-electron chi connectivity index (χ2n) is 2.98. The first-order chi connectivity index (χ1) is 5.79. The molecule has 0 aromatic heterocycles. The van der Waals surface area contributed by atoms with Crippen molar-refractivity contribution in [2.24, 2.45) is 0 Å². The number of rotatable bonds is 0. The molecule has 3 radical (unpaired) electrons. The molecule has 0 fully saturated rings. The third kappa shape index (κ3) is 1.28. The molecule has 0 aliphatic heterocycles. The van der Waals surface area contributed by atoms with Crippen LogP contribution in [0.2, 0.25) is 0 Å². The molecular weight excluding hydrogens is 339 g/mol. The zero-order chi connectivity index (χ0) is 8.55. The van der Waals surface area contributed by atoms with Gasteiger partial charge in [-0.25, -0.2) is 0 Å². The average molecular weight is 348 g/mol. The van der Waals surface area contributed by atoms with Crippen LogP contribution in [0.3, 0.4) is 0 Å². The fourth-order valence-electron chi connectivity index (χ4n) is 1.38. The summed E-state index contributed by atoms with van der Waals surface area (Å²) in [5.41, 5.74) is 1.43. The van der Waals surface area contributed by atoms with E-state index >= 15 is 0 Å². The molecule has 0 amide bonds. The van der Waals surface area contributed by atoms with Crippen LogP contribution in [0.1, 0.15) is 5.56 Å². The number of aryl methyl sites for hydroxylation is 1. The molecule has 0 unspecified atom stereocenters. The van der Waals surface area contributed by atoms with Gasteiger partial charge in [0.2, 0.25) is 0 Å². The molecule has 2 aromatic rings. The molecule has 1 heteroatoms. The summed E-state index contributed by atoms with van der Waals surface area (Å²) >= 11 is 1.14. The van der Waals surface area contributed by atoms with Crippen LogP contribution < -0.4 is 3.12 Å². The molecule has 2 rings (SSSR count). The van der Waals surface area contributed by atoms with Gasteiger partial charge >= 0.3 is 88.5 Å². The first-order valence-corrected chi connectivity index (χ1v) is 5.93. The van der Waals surface area contributed by atoms with Crippen LogP contribution in [-0.4, -0.2) is 25.8 Å². The maximum atomic E-state index is 2.21. The quantitative estimate of drug-likeness (QED) is 0.639. The molecule has 0 aliphatic carbocycles. The SMILES string of the molecule is Cc1ccc2ccccc2[c]1[Pb]. The summed E-state index contributed by atoms with van der Waals surface area (Å²) < 4.78 is 1.54. The second-order valence-corrected chi connectivity index (χ2v) is 4.92. The minimum absolute atomic E-state index is 1.14. The molecule has 0 heterocycles. The van der Waals surface area contributed by atoms with Gasteiger partial charge in [-0.1, -0.05) is 0 Å². The van der Waals surface area contributed by atoms with Gasteiger partial charge in [-0.2, -0.15) is 0 Å². The molecule has 2 aromatic carbocycles. The molecule has 0 saturated heterocycles. The maximum absolute atomic E-state index is 2.21. The summed E-state index contributed by atoms with van der Waals surface area (Å²) in [5.74, 6) is 0. The Morgan fingerprint density at radius 2 is 1.75 bits per heavy atom. The average Bonchev–Trinajstić information content (AvgIpc) is 2.12. The van der Waals surface area contributed by atoms with Crippen molar-refractivity contribution in [3.05, 3.63) is 42.0 Å². The minimum atomic E-state index is 1.14. The Morgan fingerprint density at radius 3 is 2.58 bits per heavy atom. The third-order valence-electron chi connectivity index (χ3n) is 2.14. The van der Waals surface area contributed by atoms with Gasteiger partial charge in [-0.3, -0.25) is 0 Å². The van der Waals surface area contributed by atoms with E-state index in [1.165, 1.54) is 19.5 Å². The predicted octanol–water partition coefficient (Wildman–Crippen LogP) is 1.94. The van der Waals surface area contributed by atoms with E-state index in [4.69, 9.17) is 0 Å². The fraction of sp³-hybridized carbons (Fsp3) is 0.0909. The second kappa shape index (κ2) is 3.17. The van der Waals surface area contributed by atoms with Crippen LogP contribution in [0.4, 0.5) is 0 Å². The number of fused-ring (bicyclic) bond motifs is 1. The van der Waals surface area contributed by atoms with E-state index in [9.17, 15) is 0 Å². The van der Waals surface area contributed by atoms with Crippen molar-refractivity contribution in [2.45, 2.75) is 6.92 Å². The summed E-state index contributed by atoms with van der Waals surface area (Å²) in [6.45, 7) is 2.19. The van der Waals surface area contributed by atoms with E-state index in [0.717, 1.165) is 25.8 Å². The Hall–Kier alpha value is -0.378. The van der Waals surface area contributed by atoms with Crippen LogP contribution in [0.15, 0.2) is 36.4 Å². The van der Waals surface area contributed by atoms with E-state index in [2.05, 4.69) is 43.3 Å². The van der Waals surface area contributed by atoms with Crippen molar-refractivity contribution in [2.75, 3.05) is 0 Å². The molecular formula is C11H9Pb. The van der Waals surface area contributed by atoms with Crippen LogP contribution in [0.25, 0.3) is 10.8 Å². The Bertz CT molecular complexity index is 418. The molecule has 57 valence electrons. The molecule has 0 spiro atoms. The van der Waals surface area contributed by atoms with Gasteiger partial charge in [0, 0.05) is 0 Å². The summed E-state index contributed by atoms with van der Waals surface area (Å²) in [6.07, 6.45) is 0. The molecule has 0 atom stereocenters.